The third kappa shape index (κ3) is 2.55. The predicted octanol–water partition coefficient (Wildman–Crippen LogP) is 3.50. The van der Waals surface area contributed by atoms with E-state index in [1.54, 1.807) is 16.4 Å². The van der Waals surface area contributed by atoms with E-state index in [4.69, 9.17) is 0 Å². The molecule has 3 nitrogen and oxygen atoms in total. The first-order valence-corrected chi connectivity index (χ1v) is 9.21. The van der Waals surface area contributed by atoms with Crippen LogP contribution in [-0.4, -0.2) is 24.8 Å². The van der Waals surface area contributed by atoms with Crippen LogP contribution in [0.4, 0.5) is 0 Å². The first kappa shape index (κ1) is 14.8. The van der Waals surface area contributed by atoms with Crippen LogP contribution in [0, 0.1) is 12.8 Å². The summed E-state index contributed by atoms with van der Waals surface area (Å²) in [6.45, 7) is 5.83. The van der Waals surface area contributed by atoms with Gasteiger partial charge in [0.1, 0.15) is 0 Å². The van der Waals surface area contributed by atoms with Crippen molar-refractivity contribution in [2.75, 3.05) is 0 Å². The van der Waals surface area contributed by atoms with E-state index in [0.29, 0.717) is 10.8 Å². The Bertz CT molecular complexity index is 621. The molecule has 4 heteroatoms. The predicted molar refractivity (Wildman–Crippen MR) is 84.6 cm³/mol. The molecule has 2 fully saturated rings. The highest BCUT2D eigenvalue weighted by Gasteiger charge is 2.47. The first-order chi connectivity index (χ1) is 10.0. The van der Waals surface area contributed by atoms with Crippen molar-refractivity contribution in [3.63, 3.8) is 0 Å². The van der Waals surface area contributed by atoms with Crippen molar-refractivity contribution in [1.29, 1.82) is 0 Å². The number of benzene rings is 1. The molecule has 1 aliphatic carbocycles. The normalized spacial score (nSPS) is 30.0. The third-order valence-electron chi connectivity index (χ3n) is 4.94. The van der Waals surface area contributed by atoms with Crippen LogP contribution in [-0.2, 0) is 10.0 Å². The summed E-state index contributed by atoms with van der Waals surface area (Å²) < 4.78 is 27.8. The largest absolute Gasteiger partial charge is 0.243 e. The monoisotopic (exact) mass is 305 g/mol. The minimum Gasteiger partial charge on any atom is -0.207 e. The Hall–Kier alpha value is -1.13. The Morgan fingerprint density at radius 3 is 2.52 bits per heavy atom. The van der Waals surface area contributed by atoms with Crippen LogP contribution in [0.25, 0.3) is 0 Å². The van der Waals surface area contributed by atoms with Crippen LogP contribution >= 0.6 is 0 Å². The SMILES string of the molecule is C=CC1C[C@H]2CCCC[C@@H]2N1S(=O)(=O)c1ccc(C)cc1. The van der Waals surface area contributed by atoms with Gasteiger partial charge in [0.05, 0.1) is 4.90 Å². The molecule has 0 N–H and O–H groups in total. The molecule has 1 aromatic rings. The molecule has 0 aromatic heterocycles. The summed E-state index contributed by atoms with van der Waals surface area (Å²) >= 11 is 0. The topological polar surface area (TPSA) is 37.4 Å². The lowest BCUT2D eigenvalue weighted by Gasteiger charge is -2.32. The molecule has 0 radical (unpaired) electrons. The van der Waals surface area contributed by atoms with E-state index in [0.717, 1.165) is 31.2 Å². The summed E-state index contributed by atoms with van der Waals surface area (Å²) in [5.41, 5.74) is 1.08. The zero-order valence-corrected chi connectivity index (χ0v) is 13.3. The van der Waals surface area contributed by atoms with E-state index in [9.17, 15) is 8.42 Å². The first-order valence-electron chi connectivity index (χ1n) is 7.77. The van der Waals surface area contributed by atoms with Gasteiger partial charge < -0.3 is 0 Å². The van der Waals surface area contributed by atoms with Crippen LogP contribution in [0.3, 0.4) is 0 Å². The maximum atomic E-state index is 13.0. The molecule has 1 saturated carbocycles. The van der Waals surface area contributed by atoms with E-state index >= 15 is 0 Å². The van der Waals surface area contributed by atoms with Gasteiger partial charge in [-0.05, 0) is 44.2 Å². The van der Waals surface area contributed by atoms with Crippen LogP contribution in [0.15, 0.2) is 41.8 Å². The van der Waals surface area contributed by atoms with Gasteiger partial charge in [0.2, 0.25) is 10.0 Å². The molecule has 1 heterocycles. The Kier molecular flexibility index (Phi) is 3.93. The van der Waals surface area contributed by atoms with Gasteiger partial charge in [-0.15, -0.1) is 6.58 Å². The fourth-order valence-corrected chi connectivity index (χ4v) is 5.73. The minimum absolute atomic E-state index is 0.0515. The molecular formula is C17H23NO2S. The second-order valence-electron chi connectivity index (χ2n) is 6.30. The molecule has 1 unspecified atom stereocenters. The number of sulfonamides is 1. The molecule has 3 rings (SSSR count). The fraction of sp³-hybridized carbons (Fsp3) is 0.529. The summed E-state index contributed by atoms with van der Waals surface area (Å²) in [4.78, 5) is 0.408. The third-order valence-corrected chi connectivity index (χ3v) is 6.90. The van der Waals surface area contributed by atoms with Crippen LogP contribution in [0.5, 0.6) is 0 Å². The van der Waals surface area contributed by atoms with Gasteiger partial charge in [-0.25, -0.2) is 8.42 Å². The summed E-state index contributed by atoms with van der Waals surface area (Å²) in [7, 11) is -3.43. The zero-order valence-electron chi connectivity index (χ0n) is 12.5. The fourth-order valence-electron chi connectivity index (χ4n) is 3.85. The molecule has 1 saturated heterocycles. The Morgan fingerprint density at radius 1 is 1.19 bits per heavy atom. The van der Waals surface area contributed by atoms with Gasteiger partial charge in [0.25, 0.3) is 0 Å². The van der Waals surface area contributed by atoms with Crippen molar-refractivity contribution in [3.05, 3.63) is 42.5 Å². The number of aryl methyl sites for hydroxylation is 1. The summed E-state index contributed by atoms with van der Waals surface area (Å²) in [5.74, 6) is 0.502. The smallest absolute Gasteiger partial charge is 0.207 e. The number of hydrogen-bond donors (Lipinski definition) is 0. The van der Waals surface area contributed by atoms with Crippen LogP contribution in [0.1, 0.15) is 37.7 Å². The van der Waals surface area contributed by atoms with Crippen molar-refractivity contribution >= 4 is 10.0 Å². The lowest BCUT2D eigenvalue weighted by atomic mass is 9.85. The second-order valence-corrected chi connectivity index (χ2v) is 8.14. The quantitative estimate of drug-likeness (QED) is 0.802. The molecule has 3 atom stereocenters. The van der Waals surface area contributed by atoms with Gasteiger partial charge in [0, 0.05) is 12.1 Å². The number of nitrogens with zero attached hydrogens (tertiary/aromatic N) is 1. The van der Waals surface area contributed by atoms with E-state index in [-0.39, 0.29) is 12.1 Å². The summed E-state index contributed by atoms with van der Waals surface area (Å²) in [6.07, 6.45) is 7.23. The van der Waals surface area contributed by atoms with Crippen molar-refractivity contribution in [2.45, 2.75) is 56.0 Å². The highest BCUT2D eigenvalue weighted by atomic mass is 32.2. The highest BCUT2D eigenvalue weighted by Crippen LogP contribution is 2.42. The van der Waals surface area contributed by atoms with Gasteiger partial charge in [-0.3, -0.25) is 0 Å². The standard InChI is InChI=1S/C17H23NO2S/c1-3-15-12-14-6-4-5-7-17(14)18(15)21(19,20)16-10-8-13(2)9-11-16/h3,8-11,14-15,17H,1,4-7,12H2,2H3/t14-,15?,17+/m1/s1. The van der Waals surface area contributed by atoms with Crippen molar-refractivity contribution in [1.82, 2.24) is 4.31 Å². The molecule has 0 amide bonds. The molecule has 0 spiro atoms. The Morgan fingerprint density at radius 2 is 1.86 bits per heavy atom. The maximum absolute atomic E-state index is 13.0. The number of hydrogen-bond acceptors (Lipinski definition) is 2. The minimum atomic E-state index is -3.43. The van der Waals surface area contributed by atoms with Crippen LogP contribution < -0.4 is 0 Å². The average Bonchev–Trinajstić information content (AvgIpc) is 2.87. The van der Waals surface area contributed by atoms with Crippen molar-refractivity contribution in [2.24, 2.45) is 5.92 Å². The van der Waals surface area contributed by atoms with Crippen molar-refractivity contribution < 1.29 is 8.42 Å². The van der Waals surface area contributed by atoms with E-state index in [1.807, 2.05) is 25.1 Å². The molecule has 2 aliphatic rings. The maximum Gasteiger partial charge on any atom is 0.243 e. The lowest BCUT2D eigenvalue weighted by Crippen LogP contribution is -2.42. The number of fused-ring (bicyclic) bond motifs is 1. The highest BCUT2D eigenvalue weighted by molar-refractivity contribution is 7.89. The molecule has 0 bridgehead atoms. The van der Waals surface area contributed by atoms with E-state index in [2.05, 4.69) is 6.58 Å². The zero-order chi connectivity index (χ0) is 15.0. The average molecular weight is 305 g/mol. The molecule has 114 valence electrons. The van der Waals surface area contributed by atoms with Crippen molar-refractivity contribution in [3.8, 4) is 0 Å². The Balaban J connectivity index is 1.99. The summed E-state index contributed by atoms with van der Waals surface area (Å²) in [6, 6.07) is 7.29. The lowest BCUT2D eigenvalue weighted by molar-refractivity contribution is 0.252. The molecule has 21 heavy (non-hydrogen) atoms. The number of rotatable bonds is 3. The Labute approximate surface area is 127 Å². The second kappa shape index (κ2) is 5.58. The summed E-state index contributed by atoms with van der Waals surface area (Å²) in [5, 5.41) is 0. The van der Waals surface area contributed by atoms with Gasteiger partial charge >= 0.3 is 0 Å². The molecular weight excluding hydrogens is 282 g/mol. The van der Waals surface area contributed by atoms with Gasteiger partial charge in [-0.1, -0.05) is 36.6 Å². The van der Waals surface area contributed by atoms with Gasteiger partial charge in [-0.2, -0.15) is 4.31 Å². The van der Waals surface area contributed by atoms with E-state index in [1.165, 1.54) is 6.42 Å². The van der Waals surface area contributed by atoms with Crippen LogP contribution in [0.2, 0.25) is 0 Å². The molecule has 1 aliphatic heterocycles. The van der Waals surface area contributed by atoms with Gasteiger partial charge in [0.15, 0.2) is 0 Å². The van der Waals surface area contributed by atoms with E-state index < -0.39 is 10.0 Å². The molecule has 1 aromatic carbocycles.